The number of alkyl halides is 3. The molecule has 2 aliphatic heterocycles. The number of aliphatic carboxylic acids is 1. The number of rotatable bonds is 5. The molecule has 0 aliphatic carbocycles. The number of carboxylic acid groups (broad SMARTS) is 1. The third-order valence-electron chi connectivity index (χ3n) is 5.87. The second-order valence-corrected chi connectivity index (χ2v) is 7.70. The Bertz CT molecular complexity index is 1020. The average molecular weight is 432 g/mol. The Kier molecular flexibility index (Phi) is 5.30. The largest absolute Gasteiger partial charge is 0.480 e. The van der Waals surface area contributed by atoms with Crippen LogP contribution in [-0.2, 0) is 27.0 Å². The summed E-state index contributed by atoms with van der Waals surface area (Å²) in [6, 6.07) is 11.2. The molecule has 2 aromatic rings. The number of nitrogens with one attached hydrogen (secondary N) is 1. The fraction of sp³-hybridized carbons (Fsp3) is 0.318. The van der Waals surface area contributed by atoms with Gasteiger partial charge in [0.25, 0.3) is 0 Å². The van der Waals surface area contributed by atoms with Gasteiger partial charge >= 0.3 is 12.1 Å². The summed E-state index contributed by atoms with van der Waals surface area (Å²) in [5.41, 5.74) is 0.127. The molecule has 2 N–H and O–H groups in total. The van der Waals surface area contributed by atoms with Crippen molar-refractivity contribution in [2.24, 2.45) is 11.8 Å². The van der Waals surface area contributed by atoms with Gasteiger partial charge in [0.15, 0.2) is 0 Å². The van der Waals surface area contributed by atoms with Gasteiger partial charge in [-0.3, -0.25) is 24.6 Å². The van der Waals surface area contributed by atoms with Crippen LogP contribution in [0.3, 0.4) is 0 Å². The van der Waals surface area contributed by atoms with Gasteiger partial charge in [-0.05, 0) is 29.7 Å². The van der Waals surface area contributed by atoms with Gasteiger partial charge < -0.3 is 5.11 Å². The Labute approximate surface area is 175 Å². The van der Waals surface area contributed by atoms with E-state index in [1.165, 1.54) is 12.1 Å². The fourth-order valence-corrected chi connectivity index (χ4v) is 4.42. The molecular formula is C22H19F3N2O4. The molecule has 0 aromatic heterocycles. The molecule has 2 saturated heterocycles. The van der Waals surface area contributed by atoms with Crippen LogP contribution >= 0.6 is 0 Å². The van der Waals surface area contributed by atoms with E-state index in [1.807, 2.05) is 30.3 Å². The maximum absolute atomic E-state index is 13.1. The number of carbonyl (C=O) groups excluding carboxylic acids is 2. The molecule has 9 heteroatoms. The number of hydrogen-bond acceptors (Lipinski definition) is 4. The van der Waals surface area contributed by atoms with Crippen LogP contribution in [0.2, 0.25) is 0 Å². The molecule has 162 valence electrons. The number of amides is 2. The van der Waals surface area contributed by atoms with E-state index in [1.54, 1.807) is 0 Å². The van der Waals surface area contributed by atoms with E-state index in [0.717, 1.165) is 22.6 Å². The van der Waals surface area contributed by atoms with Gasteiger partial charge in [-0.1, -0.05) is 42.5 Å². The van der Waals surface area contributed by atoms with E-state index in [9.17, 15) is 32.7 Å². The van der Waals surface area contributed by atoms with E-state index in [2.05, 4.69) is 5.32 Å². The molecule has 0 bridgehead atoms. The van der Waals surface area contributed by atoms with Gasteiger partial charge in [0, 0.05) is 12.6 Å². The number of hydrogen-bond donors (Lipinski definition) is 2. The molecule has 2 amide bonds. The standard InChI is InChI=1S/C22H19F3N2O4/c23-22(24,25)14-8-4-7-13(11-14)17-15-16(18(26-17)21(30)31)20(29)27(19(15)28)10-9-12-5-2-1-3-6-12/h1-8,11,15-18,26H,9-10H2,(H,30,31). The van der Waals surface area contributed by atoms with E-state index < -0.39 is 53.4 Å². The maximum Gasteiger partial charge on any atom is 0.416 e. The SMILES string of the molecule is O=C(O)C1NC(c2cccc(C(F)(F)F)c2)C2C(=O)N(CCc3ccccc3)C(=O)C12. The maximum atomic E-state index is 13.1. The van der Waals surface area contributed by atoms with E-state index >= 15 is 0 Å². The Hall–Kier alpha value is -3.20. The molecule has 31 heavy (non-hydrogen) atoms. The number of imide groups is 1. The molecule has 0 saturated carbocycles. The third kappa shape index (κ3) is 3.81. The normalized spacial score (nSPS) is 25.7. The van der Waals surface area contributed by atoms with Crippen molar-refractivity contribution in [2.45, 2.75) is 24.7 Å². The van der Waals surface area contributed by atoms with Crippen molar-refractivity contribution in [1.82, 2.24) is 10.2 Å². The van der Waals surface area contributed by atoms with Gasteiger partial charge in [0.1, 0.15) is 6.04 Å². The first-order valence-electron chi connectivity index (χ1n) is 9.73. The first kappa shape index (κ1) is 21.0. The van der Waals surface area contributed by atoms with Crippen molar-refractivity contribution >= 4 is 17.8 Å². The number of likely N-dealkylation sites (tertiary alicyclic amines) is 1. The second kappa shape index (κ2) is 7.81. The van der Waals surface area contributed by atoms with Gasteiger partial charge in [-0.15, -0.1) is 0 Å². The minimum atomic E-state index is -4.59. The van der Waals surface area contributed by atoms with Crippen LogP contribution < -0.4 is 5.32 Å². The number of nitrogens with zero attached hydrogens (tertiary/aromatic N) is 1. The summed E-state index contributed by atoms with van der Waals surface area (Å²) >= 11 is 0. The van der Waals surface area contributed by atoms with Gasteiger partial charge in [-0.2, -0.15) is 13.2 Å². The van der Waals surface area contributed by atoms with Crippen LogP contribution in [0, 0.1) is 11.8 Å². The lowest BCUT2D eigenvalue weighted by Gasteiger charge is -2.22. The number of benzene rings is 2. The highest BCUT2D eigenvalue weighted by atomic mass is 19.4. The van der Waals surface area contributed by atoms with Crippen molar-refractivity contribution in [2.75, 3.05) is 6.54 Å². The first-order valence-corrected chi connectivity index (χ1v) is 9.73. The minimum absolute atomic E-state index is 0.0797. The number of halogens is 3. The zero-order chi connectivity index (χ0) is 22.3. The molecule has 4 atom stereocenters. The highest BCUT2D eigenvalue weighted by molar-refractivity contribution is 6.08. The fourth-order valence-electron chi connectivity index (χ4n) is 4.42. The van der Waals surface area contributed by atoms with Crippen LogP contribution in [0.4, 0.5) is 13.2 Å². The molecule has 4 rings (SSSR count). The zero-order valence-corrected chi connectivity index (χ0v) is 16.2. The summed E-state index contributed by atoms with van der Waals surface area (Å²) in [5.74, 6) is -4.74. The monoisotopic (exact) mass is 432 g/mol. The lowest BCUT2D eigenvalue weighted by molar-refractivity contribution is -0.146. The Morgan fingerprint density at radius 1 is 1.00 bits per heavy atom. The predicted molar refractivity (Wildman–Crippen MR) is 103 cm³/mol. The quantitative estimate of drug-likeness (QED) is 0.710. The summed E-state index contributed by atoms with van der Waals surface area (Å²) in [6.45, 7) is 0.0797. The first-order chi connectivity index (χ1) is 14.7. The van der Waals surface area contributed by atoms with Crippen LogP contribution in [-0.4, -0.2) is 40.4 Å². The van der Waals surface area contributed by atoms with Gasteiger partial charge in [0.2, 0.25) is 11.8 Å². The predicted octanol–water partition coefficient (Wildman–Crippen LogP) is 2.65. The molecular weight excluding hydrogens is 413 g/mol. The molecule has 0 spiro atoms. The van der Waals surface area contributed by atoms with Crippen LogP contribution in [0.25, 0.3) is 0 Å². The topological polar surface area (TPSA) is 86.7 Å². The molecule has 6 nitrogen and oxygen atoms in total. The Balaban J connectivity index is 1.64. The summed E-state index contributed by atoms with van der Waals surface area (Å²) in [6.07, 6.45) is -4.19. The van der Waals surface area contributed by atoms with Crippen molar-refractivity contribution in [1.29, 1.82) is 0 Å². The number of carbonyl (C=O) groups is 3. The van der Waals surface area contributed by atoms with Crippen LogP contribution in [0.5, 0.6) is 0 Å². The number of fused-ring (bicyclic) bond motifs is 1. The van der Waals surface area contributed by atoms with Crippen molar-refractivity contribution in [3.63, 3.8) is 0 Å². The average Bonchev–Trinajstić information content (AvgIpc) is 3.24. The van der Waals surface area contributed by atoms with Gasteiger partial charge in [-0.25, -0.2) is 0 Å². The summed E-state index contributed by atoms with van der Waals surface area (Å²) < 4.78 is 39.4. The minimum Gasteiger partial charge on any atom is -0.480 e. The molecule has 2 aliphatic rings. The second-order valence-electron chi connectivity index (χ2n) is 7.70. The smallest absolute Gasteiger partial charge is 0.416 e. The highest BCUT2D eigenvalue weighted by Gasteiger charge is 2.60. The van der Waals surface area contributed by atoms with Crippen molar-refractivity contribution in [3.8, 4) is 0 Å². The summed E-state index contributed by atoms with van der Waals surface area (Å²) in [4.78, 5) is 38.9. The van der Waals surface area contributed by atoms with Crippen molar-refractivity contribution in [3.05, 3.63) is 71.3 Å². The number of carboxylic acids is 1. The van der Waals surface area contributed by atoms with E-state index in [-0.39, 0.29) is 12.1 Å². The molecule has 2 heterocycles. The van der Waals surface area contributed by atoms with Crippen molar-refractivity contribution < 1.29 is 32.7 Å². The zero-order valence-electron chi connectivity index (χ0n) is 16.2. The van der Waals surface area contributed by atoms with E-state index in [4.69, 9.17) is 0 Å². The van der Waals surface area contributed by atoms with Crippen LogP contribution in [0.15, 0.2) is 54.6 Å². The lowest BCUT2D eigenvalue weighted by Crippen LogP contribution is -2.43. The summed E-state index contributed by atoms with van der Waals surface area (Å²) in [7, 11) is 0. The Morgan fingerprint density at radius 2 is 1.68 bits per heavy atom. The molecule has 0 radical (unpaired) electrons. The molecule has 2 aromatic carbocycles. The van der Waals surface area contributed by atoms with Crippen LogP contribution in [0.1, 0.15) is 22.7 Å². The molecule has 4 unspecified atom stereocenters. The summed E-state index contributed by atoms with van der Waals surface area (Å²) in [5, 5.41) is 12.3. The highest BCUT2D eigenvalue weighted by Crippen LogP contribution is 2.44. The third-order valence-corrected chi connectivity index (χ3v) is 5.87. The lowest BCUT2D eigenvalue weighted by atomic mass is 9.86. The van der Waals surface area contributed by atoms with E-state index in [0.29, 0.717) is 6.42 Å². The van der Waals surface area contributed by atoms with Gasteiger partial charge in [0.05, 0.1) is 17.4 Å². The molecule has 2 fully saturated rings. The Morgan fingerprint density at radius 3 is 2.32 bits per heavy atom.